The Balaban J connectivity index is 4.02. The summed E-state index contributed by atoms with van der Waals surface area (Å²) in [6.45, 7) is 7.25. The van der Waals surface area contributed by atoms with Crippen molar-refractivity contribution in [2.45, 2.75) is 39.7 Å². The third kappa shape index (κ3) is 6.38. The van der Waals surface area contributed by atoms with E-state index in [2.05, 4.69) is 26.1 Å². The van der Waals surface area contributed by atoms with Crippen molar-refractivity contribution in [2.75, 3.05) is 18.6 Å². The van der Waals surface area contributed by atoms with Crippen molar-refractivity contribution in [1.82, 2.24) is 5.32 Å². The molecule has 0 radical (unpaired) electrons. The maximum atomic E-state index is 11.0. The Labute approximate surface area is 88.2 Å². The van der Waals surface area contributed by atoms with Gasteiger partial charge in [-0.25, -0.2) is 8.42 Å². The molecule has 0 aliphatic heterocycles. The van der Waals surface area contributed by atoms with Gasteiger partial charge in [-0.1, -0.05) is 20.3 Å². The van der Waals surface area contributed by atoms with Gasteiger partial charge in [0.25, 0.3) is 0 Å². The summed E-state index contributed by atoms with van der Waals surface area (Å²) >= 11 is 0. The van der Waals surface area contributed by atoms with Gasteiger partial charge in [-0.3, -0.25) is 0 Å². The van der Waals surface area contributed by atoms with E-state index in [4.69, 9.17) is 0 Å². The van der Waals surface area contributed by atoms with E-state index in [0.717, 1.165) is 19.4 Å². The predicted molar refractivity (Wildman–Crippen MR) is 61.2 cm³/mol. The van der Waals surface area contributed by atoms with E-state index in [1.54, 1.807) is 0 Å². The van der Waals surface area contributed by atoms with Crippen LogP contribution in [0.25, 0.3) is 0 Å². The van der Waals surface area contributed by atoms with Crippen molar-refractivity contribution in [2.24, 2.45) is 5.92 Å². The lowest BCUT2D eigenvalue weighted by atomic mass is 9.95. The van der Waals surface area contributed by atoms with Gasteiger partial charge in [0, 0.05) is 12.3 Å². The molecule has 2 unspecified atom stereocenters. The fourth-order valence-electron chi connectivity index (χ4n) is 1.66. The molecule has 14 heavy (non-hydrogen) atoms. The van der Waals surface area contributed by atoms with Crippen molar-refractivity contribution >= 4 is 9.84 Å². The highest BCUT2D eigenvalue weighted by Crippen LogP contribution is 2.14. The second-order valence-corrected chi connectivity index (χ2v) is 6.19. The molecule has 0 aromatic carbocycles. The van der Waals surface area contributed by atoms with E-state index in [9.17, 15) is 8.42 Å². The lowest BCUT2D eigenvalue weighted by Gasteiger charge is -2.22. The molecule has 0 saturated heterocycles. The quantitative estimate of drug-likeness (QED) is 0.707. The van der Waals surface area contributed by atoms with Crippen LogP contribution in [0.3, 0.4) is 0 Å². The third-order valence-electron chi connectivity index (χ3n) is 2.62. The molecule has 86 valence electrons. The first-order chi connectivity index (χ1) is 6.40. The van der Waals surface area contributed by atoms with E-state index in [1.807, 2.05) is 0 Å². The molecule has 0 amide bonds. The maximum Gasteiger partial charge on any atom is 0.147 e. The number of nitrogens with one attached hydrogen (secondary N) is 1. The van der Waals surface area contributed by atoms with Gasteiger partial charge >= 0.3 is 0 Å². The average molecular weight is 221 g/mol. The van der Waals surface area contributed by atoms with Crippen LogP contribution < -0.4 is 5.32 Å². The SMILES string of the molecule is CCNC(C)C(CC)CCS(C)(=O)=O. The van der Waals surface area contributed by atoms with Crippen LogP contribution in [0.5, 0.6) is 0 Å². The van der Waals surface area contributed by atoms with Gasteiger partial charge in [0.15, 0.2) is 0 Å². The first-order valence-corrected chi connectivity index (χ1v) is 7.37. The van der Waals surface area contributed by atoms with Crippen LogP contribution in [0.15, 0.2) is 0 Å². The smallest absolute Gasteiger partial charge is 0.147 e. The summed E-state index contributed by atoms with van der Waals surface area (Å²) in [6, 6.07) is 0.409. The highest BCUT2D eigenvalue weighted by molar-refractivity contribution is 7.90. The van der Waals surface area contributed by atoms with Gasteiger partial charge in [0.05, 0.1) is 5.75 Å². The molecule has 2 atom stereocenters. The normalized spacial score (nSPS) is 16.6. The van der Waals surface area contributed by atoms with Crippen molar-refractivity contribution < 1.29 is 8.42 Å². The summed E-state index contributed by atoms with van der Waals surface area (Å²) < 4.78 is 22.0. The Morgan fingerprint density at radius 2 is 1.86 bits per heavy atom. The zero-order valence-electron chi connectivity index (χ0n) is 9.71. The minimum absolute atomic E-state index is 0.307. The van der Waals surface area contributed by atoms with Crippen LogP contribution >= 0.6 is 0 Å². The van der Waals surface area contributed by atoms with Crippen molar-refractivity contribution in [3.63, 3.8) is 0 Å². The predicted octanol–water partition coefficient (Wildman–Crippen LogP) is 1.45. The molecule has 0 aromatic rings. The van der Waals surface area contributed by atoms with Crippen LogP contribution in [0.1, 0.15) is 33.6 Å². The van der Waals surface area contributed by atoms with E-state index >= 15 is 0 Å². The van der Waals surface area contributed by atoms with Gasteiger partial charge in [-0.05, 0) is 25.8 Å². The zero-order valence-corrected chi connectivity index (χ0v) is 10.5. The molecular weight excluding hydrogens is 198 g/mol. The van der Waals surface area contributed by atoms with Crippen LogP contribution in [0, 0.1) is 5.92 Å². The Kier molecular flexibility index (Phi) is 6.36. The Bertz CT molecular complexity index is 237. The fraction of sp³-hybridized carbons (Fsp3) is 1.00. The fourth-order valence-corrected chi connectivity index (χ4v) is 2.39. The summed E-state index contributed by atoms with van der Waals surface area (Å²) in [4.78, 5) is 0. The Morgan fingerprint density at radius 1 is 1.29 bits per heavy atom. The lowest BCUT2D eigenvalue weighted by Crippen LogP contribution is -2.34. The van der Waals surface area contributed by atoms with Crippen LogP contribution in [0.2, 0.25) is 0 Å². The second kappa shape index (κ2) is 6.40. The second-order valence-electron chi connectivity index (χ2n) is 3.93. The number of hydrogen-bond acceptors (Lipinski definition) is 3. The van der Waals surface area contributed by atoms with Crippen LogP contribution in [0.4, 0.5) is 0 Å². The number of rotatable bonds is 7. The van der Waals surface area contributed by atoms with Crippen LogP contribution in [-0.2, 0) is 9.84 Å². The summed E-state index contributed by atoms with van der Waals surface area (Å²) in [5, 5.41) is 3.34. The van der Waals surface area contributed by atoms with Gasteiger partial charge < -0.3 is 5.32 Å². The van der Waals surface area contributed by atoms with E-state index in [1.165, 1.54) is 6.26 Å². The monoisotopic (exact) mass is 221 g/mol. The van der Waals surface area contributed by atoms with Gasteiger partial charge in [-0.2, -0.15) is 0 Å². The number of sulfone groups is 1. The highest BCUT2D eigenvalue weighted by atomic mass is 32.2. The van der Waals surface area contributed by atoms with Gasteiger partial charge in [0.2, 0.25) is 0 Å². The molecule has 0 fully saturated rings. The maximum absolute atomic E-state index is 11.0. The topological polar surface area (TPSA) is 46.2 Å². The molecule has 0 heterocycles. The molecule has 1 N–H and O–H groups in total. The molecular formula is C10H23NO2S. The summed E-state index contributed by atoms with van der Waals surface area (Å²) in [5.41, 5.74) is 0. The minimum atomic E-state index is -2.81. The molecule has 0 saturated carbocycles. The molecule has 0 rings (SSSR count). The minimum Gasteiger partial charge on any atom is -0.314 e. The summed E-state index contributed by atoms with van der Waals surface area (Å²) in [7, 11) is -2.81. The molecule has 0 spiro atoms. The lowest BCUT2D eigenvalue weighted by molar-refractivity contribution is 0.360. The van der Waals surface area contributed by atoms with Crippen LogP contribution in [-0.4, -0.2) is 33.0 Å². The van der Waals surface area contributed by atoms with E-state index in [0.29, 0.717) is 17.7 Å². The molecule has 0 bridgehead atoms. The number of hydrogen-bond donors (Lipinski definition) is 1. The van der Waals surface area contributed by atoms with Crippen molar-refractivity contribution in [1.29, 1.82) is 0 Å². The largest absolute Gasteiger partial charge is 0.314 e. The van der Waals surface area contributed by atoms with Crippen molar-refractivity contribution in [3.8, 4) is 0 Å². The third-order valence-corrected chi connectivity index (χ3v) is 3.59. The van der Waals surface area contributed by atoms with Gasteiger partial charge in [-0.15, -0.1) is 0 Å². The molecule has 0 aromatic heterocycles. The molecule has 3 nitrogen and oxygen atoms in total. The highest BCUT2D eigenvalue weighted by Gasteiger charge is 2.16. The summed E-state index contributed by atoms with van der Waals surface area (Å²) in [5.74, 6) is 0.769. The first kappa shape index (κ1) is 13.9. The standard InChI is InChI=1S/C10H23NO2S/c1-5-10(9(3)11-6-2)7-8-14(4,12)13/h9-11H,5-8H2,1-4H3. The summed E-state index contributed by atoms with van der Waals surface area (Å²) in [6.07, 6.45) is 3.10. The Morgan fingerprint density at radius 3 is 2.21 bits per heavy atom. The molecule has 0 aliphatic rings. The van der Waals surface area contributed by atoms with E-state index < -0.39 is 9.84 Å². The average Bonchev–Trinajstić information content (AvgIpc) is 2.03. The Hall–Kier alpha value is -0.0900. The van der Waals surface area contributed by atoms with E-state index in [-0.39, 0.29) is 0 Å². The molecule has 0 aliphatic carbocycles. The molecule has 4 heteroatoms. The van der Waals surface area contributed by atoms with Gasteiger partial charge in [0.1, 0.15) is 9.84 Å². The zero-order chi connectivity index (χ0) is 11.2. The first-order valence-electron chi connectivity index (χ1n) is 5.31. The van der Waals surface area contributed by atoms with Crippen molar-refractivity contribution in [3.05, 3.63) is 0 Å².